The molecule has 4 rings (SSSR count). The molecule has 156 valence electrons. The largest absolute Gasteiger partial charge is 0.332 e. The van der Waals surface area contributed by atoms with Crippen molar-refractivity contribution in [2.45, 2.75) is 13.0 Å². The van der Waals surface area contributed by atoms with Crippen molar-refractivity contribution >= 4 is 32.7 Å². The van der Waals surface area contributed by atoms with Crippen molar-refractivity contribution in [3.8, 4) is 5.69 Å². The van der Waals surface area contributed by atoms with Crippen molar-refractivity contribution in [1.82, 2.24) is 14.5 Å². The van der Waals surface area contributed by atoms with Crippen LogP contribution < -0.4 is 5.56 Å². The van der Waals surface area contributed by atoms with Crippen LogP contribution >= 0.6 is 15.9 Å². The molecule has 0 aliphatic heterocycles. The van der Waals surface area contributed by atoms with Crippen molar-refractivity contribution in [3.05, 3.63) is 105 Å². The number of nitrogens with zero attached hydrogens (tertiary/aromatic N) is 3. The number of benzene rings is 3. The van der Waals surface area contributed by atoms with Gasteiger partial charge >= 0.3 is 0 Å². The Hall–Kier alpha value is -3.32. The fourth-order valence-corrected chi connectivity index (χ4v) is 3.71. The predicted molar refractivity (Wildman–Crippen MR) is 122 cm³/mol. The molecule has 0 spiro atoms. The van der Waals surface area contributed by atoms with Crippen LogP contribution in [-0.2, 0) is 0 Å². The van der Waals surface area contributed by atoms with E-state index in [0.717, 1.165) is 4.47 Å². The Morgan fingerprint density at radius 1 is 1.03 bits per heavy atom. The minimum absolute atomic E-state index is 0.0322. The molecule has 31 heavy (non-hydrogen) atoms. The number of halogens is 2. The summed E-state index contributed by atoms with van der Waals surface area (Å²) in [5.41, 5.74) is 0.895. The average Bonchev–Trinajstić information content (AvgIpc) is 2.79. The molecular weight excluding hydrogens is 461 g/mol. The zero-order valence-electron chi connectivity index (χ0n) is 16.9. The van der Waals surface area contributed by atoms with E-state index in [9.17, 15) is 14.0 Å². The lowest BCUT2D eigenvalue weighted by Gasteiger charge is -2.27. The number of amides is 1. The summed E-state index contributed by atoms with van der Waals surface area (Å²) in [5.74, 6) is -0.697. The highest BCUT2D eigenvalue weighted by Gasteiger charge is 2.26. The molecule has 0 radical (unpaired) electrons. The molecule has 5 nitrogen and oxygen atoms in total. The van der Waals surface area contributed by atoms with Gasteiger partial charge in [-0.25, -0.2) is 9.37 Å². The normalized spacial score (nSPS) is 12.0. The first kappa shape index (κ1) is 20.9. The van der Waals surface area contributed by atoms with E-state index in [-0.39, 0.29) is 11.1 Å². The number of fused-ring (bicyclic) bond motifs is 1. The van der Waals surface area contributed by atoms with Gasteiger partial charge in [-0.1, -0.05) is 40.2 Å². The Labute approximate surface area is 186 Å². The molecule has 0 N–H and O–H groups in total. The molecule has 0 aliphatic carbocycles. The van der Waals surface area contributed by atoms with E-state index in [1.54, 1.807) is 56.4 Å². The van der Waals surface area contributed by atoms with E-state index in [1.165, 1.54) is 27.7 Å². The molecule has 7 heteroatoms. The Kier molecular flexibility index (Phi) is 5.69. The first-order chi connectivity index (χ1) is 14.9. The van der Waals surface area contributed by atoms with Gasteiger partial charge in [-0.2, -0.15) is 0 Å². The molecule has 4 aromatic rings. The minimum Gasteiger partial charge on any atom is -0.332 e. The highest BCUT2D eigenvalue weighted by molar-refractivity contribution is 9.10. The van der Waals surface area contributed by atoms with Crippen molar-refractivity contribution in [2.75, 3.05) is 7.05 Å². The van der Waals surface area contributed by atoms with E-state index in [2.05, 4.69) is 15.9 Å². The molecule has 1 atom stereocenters. The first-order valence-corrected chi connectivity index (χ1v) is 10.5. The summed E-state index contributed by atoms with van der Waals surface area (Å²) in [7, 11) is 1.58. The highest BCUT2D eigenvalue weighted by atomic mass is 79.9. The molecule has 1 heterocycles. The van der Waals surface area contributed by atoms with Crippen LogP contribution in [0.15, 0.2) is 82.1 Å². The van der Waals surface area contributed by atoms with Crippen LogP contribution in [0.4, 0.5) is 4.39 Å². The van der Waals surface area contributed by atoms with Crippen LogP contribution in [0.5, 0.6) is 0 Å². The third kappa shape index (κ3) is 3.88. The summed E-state index contributed by atoms with van der Waals surface area (Å²) in [5, 5.41) is 0.476. The molecule has 0 fully saturated rings. The average molecular weight is 480 g/mol. The topological polar surface area (TPSA) is 55.2 Å². The smallest absolute Gasteiger partial charge is 0.266 e. The standard InChI is InChI=1S/C24H19BrFN3O2/c1-15(28(2)23(30)18-7-3-5-9-20(18)26)22-27-21-10-6-4-8-19(21)24(31)29(22)17-13-11-16(25)12-14-17/h3-15H,1-2H3. The van der Waals surface area contributed by atoms with E-state index < -0.39 is 17.8 Å². The second-order valence-electron chi connectivity index (χ2n) is 7.18. The maximum atomic E-state index is 14.2. The zero-order valence-corrected chi connectivity index (χ0v) is 18.5. The van der Waals surface area contributed by atoms with Crippen molar-refractivity contribution < 1.29 is 9.18 Å². The number of rotatable bonds is 4. The van der Waals surface area contributed by atoms with Crippen LogP contribution in [0.2, 0.25) is 0 Å². The second-order valence-corrected chi connectivity index (χ2v) is 8.09. The first-order valence-electron chi connectivity index (χ1n) is 9.68. The predicted octanol–water partition coefficient (Wildman–Crippen LogP) is 5.12. The van der Waals surface area contributed by atoms with Gasteiger partial charge in [-0.3, -0.25) is 14.2 Å². The number of aromatic nitrogens is 2. The SMILES string of the molecule is CC(c1nc2ccccc2c(=O)n1-c1ccc(Br)cc1)N(C)C(=O)c1ccccc1F. The molecule has 3 aromatic carbocycles. The lowest BCUT2D eigenvalue weighted by Crippen LogP contribution is -2.35. The molecule has 1 unspecified atom stereocenters. The fourth-order valence-electron chi connectivity index (χ4n) is 3.44. The van der Waals surface area contributed by atoms with Crippen molar-refractivity contribution in [2.24, 2.45) is 0 Å². The molecule has 0 saturated heterocycles. The van der Waals surface area contributed by atoms with E-state index in [0.29, 0.717) is 22.4 Å². The molecular formula is C24H19BrFN3O2. The highest BCUT2D eigenvalue weighted by Crippen LogP contribution is 2.24. The number of carbonyl (C=O) groups is 1. The summed E-state index contributed by atoms with van der Waals surface area (Å²) in [6.45, 7) is 1.77. The third-order valence-electron chi connectivity index (χ3n) is 5.27. The molecule has 1 amide bonds. The summed E-state index contributed by atoms with van der Waals surface area (Å²) >= 11 is 3.41. The van der Waals surface area contributed by atoms with Gasteiger partial charge in [-0.15, -0.1) is 0 Å². The zero-order chi connectivity index (χ0) is 22.1. The summed E-state index contributed by atoms with van der Waals surface area (Å²) in [6.07, 6.45) is 0. The quantitative estimate of drug-likeness (QED) is 0.408. The van der Waals surface area contributed by atoms with Gasteiger partial charge in [-0.05, 0) is 55.5 Å². The summed E-state index contributed by atoms with van der Waals surface area (Å²) < 4.78 is 16.6. The monoisotopic (exact) mass is 479 g/mol. The van der Waals surface area contributed by atoms with Gasteiger partial charge in [0.1, 0.15) is 11.6 Å². The number of para-hydroxylation sites is 1. The van der Waals surface area contributed by atoms with Crippen LogP contribution in [-0.4, -0.2) is 27.4 Å². The van der Waals surface area contributed by atoms with Crippen molar-refractivity contribution in [1.29, 1.82) is 0 Å². The molecule has 0 bridgehead atoms. The van der Waals surface area contributed by atoms with Gasteiger partial charge < -0.3 is 4.90 Å². The number of carbonyl (C=O) groups excluding carboxylic acids is 1. The van der Waals surface area contributed by atoms with Crippen LogP contribution in [0.25, 0.3) is 16.6 Å². The van der Waals surface area contributed by atoms with Gasteiger partial charge in [0.2, 0.25) is 0 Å². The maximum Gasteiger partial charge on any atom is 0.266 e. The van der Waals surface area contributed by atoms with Crippen LogP contribution in [0.3, 0.4) is 0 Å². The molecule has 1 aromatic heterocycles. The fraction of sp³-hybridized carbons (Fsp3) is 0.125. The molecule has 0 aliphatic rings. The lowest BCUT2D eigenvalue weighted by atomic mass is 10.1. The van der Waals surface area contributed by atoms with E-state index in [1.807, 2.05) is 12.1 Å². The summed E-state index contributed by atoms with van der Waals surface area (Å²) in [6, 6.07) is 19.6. The van der Waals surface area contributed by atoms with Gasteiger partial charge in [0.05, 0.1) is 28.2 Å². The minimum atomic E-state index is -0.604. The van der Waals surface area contributed by atoms with E-state index in [4.69, 9.17) is 4.98 Å². The number of hydrogen-bond acceptors (Lipinski definition) is 3. The van der Waals surface area contributed by atoms with Gasteiger partial charge in [0.25, 0.3) is 11.5 Å². The Morgan fingerprint density at radius 3 is 2.39 bits per heavy atom. The van der Waals surface area contributed by atoms with Crippen LogP contribution in [0.1, 0.15) is 29.1 Å². The lowest BCUT2D eigenvalue weighted by molar-refractivity contribution is 0.0730. The van der Waals surface area contributed by atoms with Crippen molar-refractivity contribution in [3.63, 3.8) is 0 Å². The van der Waals surface area contributed by atoms with Crippen LogP contribution in [0, 0.1) is 5.82 Å². The third-order valence-corrected chi connectivity index (χ3v) is 5.79. The second kappa shape index (κ2) is 8.43. The molecule has 0 saturated carbocycles. The van der Waals surface area contributed by atoms with Gasteiger partial charge in [0, 0.05) is 11.5 Å². The van der Waals surface area contributed by atoms with E-state index >= 15 is 0 Å². The maximum absolute atomic E-state index is 14.2. The Bertz CT molecular complexity index is 1330. The summed E-state index contributed by atoms with van der Waals surface area (Å²) in [4.78, 5) is 32.5. The Morgan fingerprint density at radius 2 is 1.68 bits per heavy atom. The van der Waals surface area contributed by atoms with Gasteiger partial charge in [0.15, 0.2) is 0 Å². The number of hydrogen-bond donors (Lipinski definition) is 0. The Balaban J connectivity index is 1.88.